The Morgan fingerprint density at radius 2 is 1.83 bits per heavy atom. The molecule has 0 unspecified atom stereocenters. The third kappa shape index (κ3) is 3.98. The van der Waals surface area contributed by atoms with Crippen molar-refractivity contribution in [1.29, 1.82) is 0 Å². The van der Waals surface area contributed by atoms with Crippen LogP contribution in [-0.4, -0.2) is 36.0 Å². The lowest BCUT2D eigenvalue weighted by Crippen LogP contribution is -2.42. The molecule has 1 atom stereocenters. The minimum absolute atomic E-state index is 0.204. The average molecular weight is 252 g/mol. The highest BCUT2D eigenvalue weighted by Gasteiger charge is 2.32. The molecule has 18 heavy (non-hydrogen) atoms. The van der Waals surface area contributed by atoms with Gasteiger partial charge < -0.3 is 10.2 Å². The van der Waals surface area contributed by atoms with E-state index in [9.17, 15) is 4.79 Å². The number of nitrogens with zero attached hydrogens (tertiary/aromatic N) is 1. The molecule has 0 radical (unpaired) electrons. The maximum atomic E-state index is 12.0. The van der Waals surface area contributed by atoms with Crippen LogP contribution in [0.15, 0.2) is 0 Å². The maximum absolute atomic E-state index is 12.0. The molecule has 1 saturated heterocycles. The molecule has 1 heterocycles. The summed E-state index contributed by atoms with van der Waals surface area (Å²) in [5.41, 5.74) is 0.204. The van der Waals surface area contributed by atoms with Crippen molar-refractivity contribution in [2.45, 2.75) is 71.4 Å². The van der Waals surface area contributed by atoms with Gasteiger partial charge in [0.1, 0.15) is 0 Å². The molecule has 1 amide bonds. The van der Waals surface area contributed by atoms with Gasteiger partial charge in [-0.05, 0) is 18.3 Å². The van der Waals surface area contributed by atoms with Gasteiger partial charge in [-0.3, -0.25) is 4.79 Å². The number of rotatable bonds is 3. The largest absolute Gasteiger partial charge is 0.341 e. The third-order valence-corrected chi connectivity index (χ3v) is 3.96. The van der Waals surface area contributed by atoms with Gasteiger partial charge in [0, 0.05) is 31.6 Å². The van der Waals surface area contributed by atoms with Crippen LogP contribution in [0, 0.1) is 5.41 Å². The van der Waals surface area contributed by atoms with Crippen molar-refractivity contribution < 1.29 is 4.79 Å². The first-order chi connectivity index (χ1) is 8.44. The Bertz CT molecular complexity index is 289. The first-order valence-corrected chi connectivity index (χ1v) is 7.48. The highest BCUT2D eigenvalue weighted by atomic mass is 16.2. The Kier molecular flexibility index (Phi) is 4.31. The van der Waals surface area contributed by atoms with E-state index in [0.29, 0.717) is 24.4 Å². The van der Waals surface area contributed by atoms with E-state index in [0.717, 1.165) is 13.1 Å². The Morgan fingerprint density at radius 3 is 2.44 bits per heavy atom. The Labute approximate surface area is 111 Å². The quantitative estimate of drug-likeness (QED) is 0.837. The fourth-order valence-corrected chi connectivity index (χ4v) is 3.21. The summed E-state index contributed by atoms with van der Waals surface area (Å²) in [6, 6.07) is 1.05. The molecule has 1 aliphatic heterocycles. The zero-order valence-electron chi connectivity index (χ0n) is 12.2. The monoisotopic (exact) mass is 252 g/mol. The lowest BCUT2D eigenvalue weighted by molar-refractivity contribution is -0.128. The van der Waals surface area contributed by atoms with Crippen LogP contribution < -0.4 is 5.32 Å². The number of likely N-dealkylation sites (tertiary alicyclic amines) is 1. The van der Waals surface area contributed by atoms with Crippen LogP contribution in [0.25, 0.3) is 0 Å². The first kappa shape index (κ1) is 13.9. The van der Waals surface area contributed by atoms with E-state index in [-0.39, 0.29) is 5.41 Å². The highest BCUT2D eigenvalue weighted by Crippen LogP contribution is 2.23. The summed E-state index contributed by atoms with van der Waals surface area (Å²) in [5, 5.41) is 3.70. The number of hydrogen-bond donors (Lipinski definition) is 1. The van der Waals surface area contributed by atoms with E-state index in [2.05, 4.69) is 26.1 Å². The summed E-state index contributed by atoms with van der Waals surface area (Å²) in [4.78, 5) is 14.0. The number of hydrogen-bond acceptors (Lipinski definition) is 2. The molecule has 1 N–H and O–H groups in total. The van der Waals surface area contributed by atoms with Crippen molar-refractivity contribution in [3.63, 3.8) is 0 Å². The molecule has 0 bridgehead atoms. The maximum Gasteiger partial charge on any atom is 0.224 e. The fourth-order valence-electron chi connectivity index (χ4n) is 3.21. The van der Waals surface area contributed by atoms with Gasteiger partial charge in [0.25, 0.3) is 0 Å². The lowest BCUT2D eigenvalue weighted by atomic mass is 9.95. The van der Waals surface area contributed by atoms with E-state index in [4.69, 9.17) is 0 Å². The number of amides is 1. The van der Waals surface area contributed by atoms with Crippen LogP contribution in [-0.2, 0) is 4.79 Å². The summed E-state index contributed by atoms with van der Waals surface area (Å²) in [6.07, 6.45) is 7.38. The molecule has 2 fully saturated rings. The van der Waals surface area contributed by atoms with Crippen molar-refractivity contribution in [3.05, 3.63) is 0 Å². The molecular weight excluding hydrogens is 224 g/mol. The van der Waals surface area contributed by atoms with E-state index < -0.39 is 0 Å². The van der Waals surface area contributed by atoms with Crippen LogP contribution in [0.1, 0.15) is 59.3 Å². The van der Waals surface area contributed by atoms with Gasteiger partial charge in [0.2, 0.25) is 5.91 Å². The van der Waals surface area contributed by atoms with Crippen LogP contribution >= 0.6 is 0 Å². The van der Waals surface area contributed by atoms with Crippen molar-refractivity contribution in [2.24, 2.45) is 5.41 Å². The van der Waals surface area contributed by atoms with Crippen LogP contribution in [0.2, 0.25) is 0 Å². The number of carbonyl (C=O) groups excluding carboxylic acids is 1. The summed E-state index contributed by atoms with van der Waals surface area (Å²) in [6.45, 7) is 8.38. The molecule has 3 heteroatoms. The molecule has 0 aromatic heterocycles. The Balaban J connectivity index is 1.80. The topological polar surface area (TPSA) is 32.3 Å². The van der Waals surface area contributed by atoms with Crippen molar-refractivity contribution in [2.75, 3.05) is 13.1 Å². The number of carbonyl (C=O) groups is 1. The molecule has 0 aromatic rings. The fraction of sp³-hybridized carbons (Fsp3) is 0.933. The summed E-state index contributed by atoms with van der Waals surface area (Å²) in [5.74, 6) is 0.332. The molecule has 0 spiro atoms. The van der Waals surface area contributed by atoms with E-state index >= 15 is 0 Å². The summed E-state index contributed by atoms with van der Waals surface area (Å²) >= 11 is 0. The van der Waals surface area contributed by atoms with Gasteiger partial charge in [-0.2, -0.15) is 0 Å². The van der Waals surface area contributed by atoms with Gasteiger partial charge in [-0.25, -0.2) is 0 Å². The first-order valence-electron chi connectivity index (χ1n) is 7.48. The molecule has 104 valence electrons. The standard InChI is InChI=1S/C15H28N2O/c1-15(2,3)11-17-10-13(9-14(17)18)16-12-7-5-4-6-8-12/h12-13,16H,4-11H2,1-3H3/t13-/m0/s1. The van der Waals surface area contributed by atoms with Crippen molar-refractivity contribution in [3.8, 4) is 0 Å². The number of nitrogens with one attached hydrogen (secondary N) is 1. The van der Waals surface area contributed by atoms with Gasteiger partial charge >= 0.3 is 0 Å². The van der Waals surface area contributed by atoms with Gasteiger partial charge in [0.15, 0.2) is 0 Å². The van der Waals surface area contributed by atoms with Gasteiger partial charge in [-0.1, -0.05) is 40.0 Å². The van der Waals surface area contributed by atoms with Crippen LogP contribution in [0.5, 0.6) is 0 Å². The minimum atomic E-state index is 0.204. The molecule has 2 aliphatic rings. The van der Waals surface area contributed by atoms with E-state index in [1.54, 1.807) is 0 Å². The molecule has 2 rings (SSSR count). The second-order valence-corrected chi connectivity index (χ2v) is 7.24. The molecule has 3 nitrogen and oxygen atoms in total. The van der Waals surface area contributed by atoms with Crippen molar-refractivity contribution in [1.82, 2.24) is 10.2 Å². The SMILES string of the molecule is CC(C)(C)CN1C[C@@H](NC2CCCCC2)CC1=O. The third-order valence-electron chi connectivity index (χ3n) is 3.96. The average Bonchev–Trinajstić information content (AvgIpc) is 2.58. The second kappa shape index (κ2) is 5.60. The highest BCUT2D eigenvalue weighted by molar-refractivity contribution is 5.79. The lowest BCUT2D eigenvalue weighted by Gasteiger charge is -2.28. The molecular formula is C15H28N2O. The second-order valence-electron chi connectivity index (χ2n) is 7.24. The summed E-state index contributed by atoms with van der Waals surface area (Å²) in [7, 11) is 0. The predicted octanol–water partition coefficient (Wildman–Crippen LogP) is 2.56. The predicted molar refractivity (Wildman–Crippen MR) is 74.4 cm³/mol. The molecule has 0 aromatic carbocycles. The van der Waals surface area contributed by atoms with Gasteiger partial charge in [0.05, 0.1) is 0 Å². The van der Waals surface area contributed by atoms with E-state index in [1.165, 1.54) is 32.1 Å². The zero-order valence-corrected chi connectivity index (χ0v) is 12.2. The molecule has 1 aliphatic carbocycles. The minimum Gasteiger partial charge on any atom is -0.341 e. The normalized spacial score (nSPS) is 26.9. The zero-order chi connectivity index (χ0) is 13.2. The van der Waals surface area contributed by atoms with Gasteiger partial charge in [-0.15, -0.1) is 0 Å². The molecule has 1 saturated carbocycles. The Hall–Kier alpha value is -0.570. The van der Waals surface area contributed by atoms with Crippen LogP contribution in [0.4, 0.5) is 0 Å². The smallest absolute Gasteiger partial charge is 0.224 e. The summed E-state index contributed by atoms with van der Waals surface area (Å²) < 4.78 is 0. The van der Waals surface area contributed by atoms with E-state index in [1.807, 2.05) is 4.90 Å². The van der Waals surface area contributed by atoms with Crippen LogP contribution in [0.3, 0.4) is 0 Å². The van der Waals surface area contributed by atoms with Crippen molar-refractivity contribution >= 4 is 5.91 Å². The Morgan fingerprint density at radius 1 is 1.17 bits per heavy atom.